The Bertz CT molecular complexity index is 1010. The average Bonchev–Trinajstić information content (AvgIpc) is 3.15. The molecule has 0 bridgehead atoms. The third kappa shape index (κ3) is 40.9. The second-order valence-corrected chi connectivity index (χ2v) is 18.6. The molecule has 0 aromatic heterocycles. The molecule has 0 aliphatic heterocycles. The zero-order valence-corrected chi connectivity index (χ0v) is 38.3. The minimum absolute atomic E-state index is 0.0547. The Morgan fingerprint density at radius 3 is 1.43 bits per heavy atom. The minimum atomic E-state index is -4.35. The predicted molar refractivity (Wildman–Crippen MR) is 240 cm³/mol. The number of carbonyl (C=O) groups is 1. The first kappa shape index (κ1) is 54.7. The van der Waals surface area contributed by atoms with Crippen LogP contribution < -0.4 is 5.32 Å². The number of quaternary nitrogens is 1. The van der Waals surface area contributed by atoms with Crippen LogP contribution in [0.4, 0.5) is 0 Å². The number of amides is 1. The summed E-state index contributed by atoms with van der Waals surface area (Å²) in [5.74, 6) is -0.190. The molecule has 0 saturated heterocycles. The van der Waals surface area contributed by atoms with Gasteiger partial charge in [-0.05, 0) is 44.9 Å². The third-order valence-electron chi connectivity index (χ3n) is 10.3. The highest BCUT2D eigenvalue weighted by atomic mass is 31.2. The average molecular weight is 812 g/mol. The Labute approximate surface area is 347 Å². The number of hydrogen-bond acceptors (Lipinski definition) is 5. The molecule has 0 aromatic rings. The molecule has 0 saturated carbocycles. The summed E-state index contributed by atoms with van der Waals surface area (Å²) in [6, 6.07) is -0.865. The van der Waals surface area contributed by atoms with Crippen LogP contribution in [0.1, 0.15) is 206 Å². The summed E-state index contributed by atoms with van der Waals surface area (Å²) in [6.45, 7) is 4.78. The molecule has 0 spiro atoms. The number of aliphatic hydroxyl groups is 1. The Morgan fingerprint density at radius 2 is 0.982 bits per heavy atom. The van der Waals surface area contributed by atoms with Gasteiger partial charge in [-0.25, -0.2) is 4.57 Å². The molecule has 0 heterocycles. The second kappa shape index (κ2) is 39.2. The molecule has 0 aromatic carbocycles. The lowest BCUT2D eigenvalue weighted by Gasteiger charge is -2.25. The molecule has 0 rings (SSSR count). The van der Waals surface area contributed by atoms with Crippen molar-refractivity contribution >= 4 is 13.7 Å². The van der Waals surface area contributed by atoms with E-state index < -0.39 is 20.0 Å². The molecule has 330 valence electrons. The zero-order valence-electron chi connectivity index (χ0n) is 37.4. The van der Waals surface area contributed by atoms with E-state index >= 15 is 0 Å². The molecule has 8 nitrogen and oxygen atoms in total. The van der Waals surface area contributed by atoms with Gasteiger partial charge in [0.05, 0.1) is 39.9 Å². The number of phosphoric ester groups is 1. The largest absolute Gasteiger partial charge is 0.472 e. The first-order chi connectivity index (χ1) is 27.0. The van der Waals surface area contributed by atoms with Crippen molar-refractivity contribution in [1.29, 1.82) is 0 Å². The Morgan fingerprint density at radius 1 is 0.589 bits per heavy atom. The Kier molecular flexibility index (Phi) is 38.3. The minimum Gasteiger partial charge on any atom is -0.387 e. The van der Waals surface area contributed by atoms with Crippen molar-refractivity contribution in [3.63, 3.8) is 0 Å². The molecule has 3 atom stereocenters. The predicted octanol–water partition coefficient (Wildman–Crippen LogP) is 13.1. The van der Waals surface area contributed by atoms with Gasteiger partial charge in [-0.2, -0.15) is 0 Å². The quantitative estimate of drug-likeness (QED) is 0.0245. The molecule has 0 aliphatic carbocycles. The standard InChI is InChI=1S/C47H91N2O6P/c1-6-8-10-12-14-16-18-20-22-23-24-25-27-29-31-33-35-37-39-41-47(51)48-45(44-55-56(52,53)54-43-42-49(3,4)5)46(50)40-38-36-34-32-30-28-26-21-19-17-15-13-11-9-7-2/h19,21,30,32,38,40,45-46,50H,6-18,20,22-29,31,33-37,39,41-44H2,1-5H3,(H-,48,51,52,53)/p+1/b21-19+,32-30+,40-38+. The first-order valence-corrected chi connectivity index (χ1v) is 24.9. The summed E-state index contributed by atoms with van der Waals surface area (Å²) < 4.78 is 23.5. The van der Waals surface area contributed by atoms with Gasteiger partial charge in [0.2, 0.25) is 5.91 Å². The third-order valence-corrected chi connectivity index (χ3v) is 11.3. The van der Waals surface area contributed by atoms with Crippen LogP contribution in [0.5, 0.6) is 0 Å². The number of unbranched alkanes of at least 4 members (excludes halogenated alkanes) is 25. The number of allylic oxidation sites excluding steroid dienone is 5. The highest BCUT2D eigenvalue weighted by Crippen LogP contribution is 2.43. The summed E-state index contributed by atoms with van der Waals surface area (Å²) >= 11 is 0. The van der Waals surface area contributed by atoms with E-state index in [1.165, 1.54) is 141 Å². The number of rotatable bonds is 42. The van der Waals surface area contributed by atoms with Crippen LogP contribution in [-0.2, 0) is 18.4 Å². The molecular formula is C47H92N2O6P+. The van der Waals surface area contributed by atoms with Crippen LogP contribution in [-0.4, -0.2) is 73.4 Å². The number of nitrogens with one attached hydrogen (secondary N) is 1. The molecule has 3 unspecified atom stereocenters. The number of hydrogen-bond donors (Lipinski definition) is 3. The van der Waals surface area contributed by atoms with E-state index in [4.69, 9.17) is 9.05 Å². The van der Waals surface area contributed by atoms with Crippen molar-refractivity contribution in [1.82, 2.24) is 5.32 Å². The second-order valence-electron chi connectivity index (χ2n) is 17.1. The topological polar surface area (TPSA) is 105 Å². The maximum absolute atomic E-state index is 12.9. The summed E-state index contributed by atoms with van der Waals surface area (Å²) in [5, 5.41) is 13.8. The van der Waals surface area contributed by atoms with Gasteiger partial charge in [-0.15, -0.1) is 0 Å². The number of carbonyl (C=O) groups excluding carboxylic acids is 1. The zero-order chi connectivity index (χ0) is 41.4. The van der Waals surface area contributed by atoms with Crippen molar-refractivity contribution in [2.75, 3.05) is 40.9 Å². The lowest BCUT2D eigenvalue weighted by molar-refractivity contribution is -0.870. The summed E-state index contributed by atoms with van der Waals surface area (Å²) in [6.07, 6.45) is 47.9. The van der Waals surface area contributed by atoms with Gasteiger partial charge >= 0.3 is 7.82 Å². The van der Waals surface area contributed by atoms with Gasteiger partial charge in [0.1, 0.15) is 13.2 Å². The highest BCUT2D eigenvalue weighted by molar-refractivity contribution is 7.47. The molecule has 3 N–H and O–H groups in total. The highest BCUT2D eigenvalue weighted by Gasteiger charge is 2.27. The normalized spacial score (nSPS) is 14.6. The fraction of sp³-hybridized carbons (Fsp3) is 0.851. The van der Waals surface area contributed by atoms with Gasteiger partial charge in [0.25, 0.3) is 0 Å². The maximum atomic E-state index is 12.9. The summed E-state index contributed by atoms with van der Waals surface area (Å²) in [4.78, 5) is 23.1. The van der Waals surface area contributed by atoms with Crippen molar-refractivity contribution in [3.8, 4) is 0 Å². The molecule has 0 radical (unpaired) electrons. The first-order valence-electron chi connectivity index (χ1n) is 23.4. The van der Waals surface area contributed by atoms with E-state index in [9.17, 15) is 19.4 Å². The van der Waals surface area contributed by atoms with Gasteiger partial charge < -0.3 is 19.8 Å². The van der Waals surface area contributed by atoms with Gasteiger partial charge in [-0.1, -0.05) is 192 Å². The van der Waals surface area contributed by atoms with Crippen molar-refractivity contribution in [3.05, 3.63) is 36.5 Å². The van der Waals surface area contributed by atoms with E-state index in [-0.39, 0.29) is 19.1 Å². The lowest BCUT2D eigenvalue weighted by Crippen LogP contribution is -2.45. The van der Waals surface area contributed by atoms with E-state index in [1.807, 2.05) is 27.2 Å². The fourth-order valence-electron chi connectivity index (χ4n) is 6.60. The molecule has 1 amide bonds. The molecule has 56 heavy (non-hydrogen) atoms. The Balaban J connectivity index is 4.41. The summed E-state index contributed by atoms with van der Waals surface area (Å²) in [7, 11) is 1.55. The van der Waals surface area contributed by atoms with E-state index in [2.05, 4.69) is 43.5 Å². The fourth-order valence-corrected chi connectivity index (χ4v) is 7.34. The van der Waals surface area contributed by atoms with Crippen LogP contribution in [0.25, 0.3) is 0 Å². The SMILES string of the molecule is CCCCCCC/C=C/CC/C=C/CC/C=C/C(O)C(COP(=O)(O)OCC[N+](C)(C)C)NC(=O)CCCCCCCCCCCCCCCCCCCCC. The number of phosphoric acid groups is 1. The van der Waals surface area contributed by atoms with Crippen molar-refractivity contribution < 1.29 is 32.9 Å². The van der Waals surface area contributed by atoms with Gasteiger partial charge in [0.15, 0.2) is 0 Å². The smallest absolute Gasteiger partial charge is 0.387 e. The van der Waals surface area contributed by atoms with Crippen LogP contribution in [0.2, 0.25) is 0 Å². The Hall–Kier alpha value is -1.28. The van der Waals surface area contributed by atoms with E-state index in [0.29, 0.717) is 17.4 Å². The number of nitrogens with zero attached hydrogens (tertiary/aromatic N) is 1. The van der Waals surface area contributed by atoms with Crippen molar-refractivity contribution in [2.45, 2.75) is 219 Å². The number of aliphatic hydroxyl groups excluding tert-OH is 1. The van der Waals surface area contributed by atoms with Crippen LogP contribution in [0.15, 0.2) is 36.5 Å². The molecule has 9 heteroatoms. The van der Waals surface area contributed by atoms with Crippen molar-refractivity contribution in [2.24, 2.45) is 0 Å². The summed E-state index contributed by atoms with van der Waals surface area (Å²) in [5.41, 5.74) is 0. The molecule has 0 fully saturated rings. The van der Waals surface area contributed by atoms with Crippen LogP contribution in [0.3, 0.4) is 0 Å². The number of likely N-dealkylation sites (N-methyl/N-ethyl adjacent to an activating group) is 1. The van der Waals surface area contributed by atoms with E-state index in [1.54, 1.807) is 6.08 Å². The van der Waals surface area contributed by atoms with Gasteiger partial charge in [-0.3, -0.25) is 13.8 Å². The monoisotopic (exact) mass is 812 g/mol. The van der Waals surface area contributed by atoms with Crippen LogP contribution >= 0.6 is 7.82 Å². The van der Waals surface area contributed by atoms with Crippen LogP contribution in [0, 0.1) is 0 Å². The lowest BCUT2D eigenvalue weighted by atomic mass is 10.0. The molecular weight excluding hydrogens is 719 g/mol. The van der Waals surface area contributed by atoms with E-state index in [0.717, 1.165) is 44.9 Å². The molecule has 0 aliphatic rings. The maximum Gasteiger partial charge on any atom is 0.472 e. The van der Waals surface area contributed by atoms with Gasteiger partial charge in [0, 0.05) is 6.42 Å².